The second-order valence-electron chi connectivity index (χ2n) is 5.16. The molecule has 0 saturated carbocycles. The van der Waals surface area contributed by atoms with Gasteiger partial charge in [-0.3, -0.25) is 4.90 Å². The SMILES string of the molecule is CN(Cc1cnc2ccccn12)CC(C)(C)O. The number of nitrogens with zero attached hydrogens (tertiary/aromatic N) is 3. The summed E-state index contributed by atoms with van der Waals surface area (Å²) < 4.78 is 2.07. The number of fused-ring (bicyclic) bond motifs is 1. The molecule has 2 aromatic rings. The smallest absolute Gasteiger partial charge is 0.136 e. The molecule has 0 spiro atoms. The van der Waals surface area contributed by atoms with Crippen LogP contribution in [0.4, 0.5) is 0 Å². The van der Waals surface area contributed by atoms with Gasteiger partial charge in [0.1, 0.15) is 5.65 Å². The molecular weight excluding hydrogens is 214 g/mol. The highest BCUT2D eigenvalue weighted by molar-refractivity contribution is 5.39. The predicted octanol–water partition coefficient (Wildman–Crippen LogP) is 1.54. The Bertz CT molecular complexity index is 499. The zero-order valence-electron chi connectivity index (χ0n) is 10.6. The minimum Gasteiger partial charge on any atom is -0.389 e. The molecule has 0 aliphatic carbocycles. The van der Waals surface area contributed by atoms with E-state index in [9.17, 15) is 5.11 Å². The molecule has 2 aromatic heterocycles. The van der Waals surface area contributed by atoms with E-state index in [1.165, 1.54) is 0 Å². The van der Waals surface area contributed by atoms with Crippen LogP contribution in [0.1, 0.15) is 19.5 Å². The van der Waals surface area contributed by atoms with Crippen LogP contribution in [-0.2, 0) is 6.54 Å². The molecule has 0 saturated heterocycles. The van der Waals surface area contributed by atoms with Crippen molar-refractivity contribution in [2.24, 2.45) is 0 Å². The third kappa shape index (κ3) is 3.05. The van der Waals surface area contributed by atoms with Gasteiger partial charge in [-0.1, -0.05) is 6.07 Å². The van der Waals surface area contributed by atoms with E-state index in [1.54, 1.807) is 0 Å². The van der Waals surface area contributed by atoms with E-state index in [0.29, 0.717) is 6.54 Å². The molecule has 0 aromatic carbocycles. The van der Waals surface area contributed by atoms with Gasteiger partial charge in [0, 0.05) is 19.3 Å². The minimum atomic E-state index is -0.671. The number of hydrogen-bond donors (Lipinski definition) is 1. The number of rotatable bonds is 4. The highest BCUT2D eigenvalue weighted by Gasteiger charge is 2.16. The molecule has 0 unspecified atom stereocenters. The molecule has 4 nitrogen and oxygen atoms in total. The summed E-state index contributed by atoms with van der Waals surface area (Å²) in [7, 11) is 2.00. The molecule has 0 amide bonds. The lowest BCUT2D eigenvalue weighted by molar-refractivity contribution is 0.0421. The molecule has 0 atom stereocenters. The van der Waals surface area contributed by atoms with Gasteiger partial charge in [-0.25, -0.2) is 4.98 Å². The van der Waals surface area contributed by atoms with Gasteiger partial charge in [-0.2, -0.15) is 0 Å². The first-order valence-electron chi connectivity index (χ1n) is 5.77. The Morgan fingerprint density at radius 2 is 2.18 bits per heavy atom. The molecule has 2 heterocycles. The summed E-state index contributed by atoms with van der Waals surface area (Å²) in [5.41, 5.74) is 1.42. The fraction of sp³-hybridized carbons (Fsp3) is 0.462. The van der Waals surface area contributed by atoms with Crippen LogP contribution in [0.3, 0.4) is 0 Å². The van der Waals surface area contributed by atoms with Gasteiger partial charge in [-0.15, -0.1) is 0 Å². The van der Waals surface area contributed by atoms with Crippen LogP contribution < -0.4 is 0 Å². The Morgan fingerprint density at radius 3 is 2.88 bits per heavy atom. The van der Waals surface area contributed by atoms with Gasteiger partial charge in [0.2, 0.25) is 0 Å². The molecule has 92 valence electrons. The first-order valence-corrected chi connectivity index (χ1v) is 5.77. The maximum absolute atomic E-state index is 9.77. The first kappa shape index (κ1) is 12.1. The molecule has 0 bridgehead atoms. The van der Waals surface area contributed by atoms with Gasteiger partial charge in [0.15, 0.2) is 0 Å². The summed E-state index contributed by atoms with van der Waals surface area (Å²) in [6.45, 7) is 5.04. The third-order valence-electron chi connectivity index (χ3n) is 2.58. The molecule has 0 aliphatic rings. The summed E-state index contributed by atoms with van der Waals surface area (Å²) in [6, 6.07) is 5.96. The normalized spacial score (nSPS) is 12.5. The van der Waals surface area contributed by atoms with Crippen molar-refractivity contribution >= 4 is 5.65 Å². The van der Waals surface area contributed by atoms with Crippen molar-refractivity contribution in [2.75, 3.05) is 13.6 Å². The van der Waals surface area contributed by atoms with Crippen LogP contribution in [0.25, 0.3) is 5.65 Å². The molecule has 0 fully saturated rings. The number of pyridine rings is 1. The van der Waals surface area contributed by atoms with E-state index in [4.69, 9.17) is 0 Å². The van der Waals surface area contributed by atoms with Crippen molar-refractivity contribution < 1.29 is 5.11 Å². The first-order chi connectivity index (χ1) is 7.96. The number of likely N-dealkylation sites (N-methyl/N-ethyl adjacent to an activating group) is 1. The lowest BCUT2D eigenvalue weighted by Gasteiger charge is -2.25. The number of aromatic nitrogens is 2. The molecule has 0 aliphatic heterocycles. The summed E-state index contributed by atoms with van der Waals surface area (Å²) in [5, 5.41) is 9.77. The number of aliphatic hydroxyl groups is 1. The quantitative estimate of drug-likeness (QED) is 0.870. The zero-order chi connectivity index (χ0) is 12.5. The van der Waals surface area contributed by atoms with Crippen LogP contribution >= 0.6 is 0 Å². The summed E-state index contributed by atoms with van der Waals surface area (Å²) in [4.78, 5) is 6.44. The van der Waals surface area contributed by atoms with Gasteiger partial charge < -0.3 is 9.51 Å². The molecule has 2 rings (SSSR count). The van der Waals surface area contributed by atoms with Crippen molar-refractivity contribution in [1.82, 2.24) is 14.3 Å². The second-order valence-corrected chi connectivity index (χ2v) is 5.16. The fourth-order valence-electron chi connectivity index (χ4n) is 2.09. The monoisotopic (exact) mass is 233 g/mol. The number of imidazole rings is 1. The second kappa shape index (κ2) is 4.47. The Hall–Kier alpha value is -1.39. The molecule has 1 N–H and O–H groups in total. The van der Waals surface area contributed by atoms with Gasteiger partial charge >= 0.3 is 0 Å². The van der Waals surface area contributed by atoms with E-state index in [-0.39, 0.29) is 0 Å². The summed E-state index contributed by atoms with van der Waals surface area (Å²) in [5.74, 6) is 0. The topological polar surface area (TPSA) is 40.8 Å². The van der Waals surface area contributed by atoms with Crippen molar-refractivity contribution in [2.45, 2.75) is 26.0 Å². The fourth-order valence-corrected chi connectivity index (χ4v) is 2.09. The Kier molecular flexibility index (Phi) is 3.17. The zero-order valence-corrected chi connectivity index (χ0v) is 10.6. The van der Waals surface area contributed by atoms with E-state index < -0.39 is 5.60 Å². The summed E-state index contributed by atoms with van der Waals surface area (Å²) >= 11 is 0. The van der Waals surface area contributed by atoms with E-state index >= 15 is 0 Å². The Labute approximate surface area is 102 Å². The van der Waals surface area contributed by atoms with Crippen molar-refractivity contribution in [1.29, 1.82) is 0 Å². The van der Waals surface area contributed by atoms with Crippen LogP contribution in [0.2, 0.25) is 0 Å². The number of hydrogen-bond acceptors (Lipinski definition) is 3. The van der Waals surface area contributed by atoms with Crippen LogP contribution in [0.5, 0.6) is 0 Å². The molecule has 17 heavy (non-hydrogen) atoms. The lowest BCUT2D eigenvalue weighted by atomic mass is 10.1. The van der Waals surface area contributed by atoms with Crippen molar-refractivity contribution in [3.05, 3.63) is 36.3 Å². The van der Waals surface area contributed by atoms with Crippen LogP contribution in [-0.4, -0.2) is 38.6 Å². The van der Waals surface area contributed by atoms with Gasteiger partial charge in [0.25, 0.3) is 0 Å². The van der Waals surface area contributed by atoms with E-state index in [0.717, 1.165) is 17.9 Å². The standard InChI is InChI=1S/C13H19N3O/c1-13(2,17)10-15(3)9-11-8-14-12-6-4-5-7-16(11)12/h4-8,17H,9-10H2,1-3H3. The van der Waals surface area contributed by atoms with Gasteiger partial charge in [0.05, 0.1) is 17.5 Å². The largest absolute Gasteiger partial charge is 0.389 e. The Morgan fingerprint density at radius 1 is 1.41 bits per heavy atom. The molecule has 0 radical (unpaired) electrons. The van der Waals surface area contributed by atoms with Gasteiger partial charge in [-0.05, 0) is 33.0 Å². The Balaban J connectivity index is 2.13. The average molecular weight is 233 g/mol. The van der Waals surface area contributed by atoms with Crippen molar-refractivity contribution in [3.8, 4) is 0 Å². The van der Waals surface area contributed by atoms with E-state index in [2.05, 4.69) is 14.3 Å². The third-order valence-corrected chi connectivity index (χ3v) is 2.58. The highest BCUT2D eigenvalue weighted by atomic mass is 16.3. The molecular formula is C13H19N3O. The van der Waals surface area contributed by atoms with Crippen molar-refractivity contribution in [3.63, 3.8) is 0 Å². The summed E-state index contributed by atoms with van der Waals surface area (Å²) in [6.07, 6.45) is 3.89. The lowest BCUT2D eigenvalue weighted by Crippen LogP contribution is -2.36. The maximum Gasteiger partial charge on any atom is 0.136 e. The molecule has 4 heteroatoms. The maximum atomic E-state index is 9.77. The van der Waals surface area contributed by atoms with E-state index in [1.807, 2.05) is 51.5 Å². The van der Waals surface area contributed by atoms with Crippen LogP contribution in [0, 0.1) is 0 Å². The average Bonchev–Trinajstić information content (AvgIpc) is 2.59. The van der Waals surface area contributed by atoms with Crippen LogP contribution in [0.15, 0.2) is 30.6 Å². The predicted molar refractivity (Wildman–Crippen MR) is 67.8 cm³/mol. The highest BCUT2D eigenvalue weighted by Crippen LogP contribution is 2.10. The minimum absolute atomic E-state index is 0.632.